The molecule has 0 aromatic heterocycles. The van der Waals surface area contributed by atoms with Crippen molar-refractivity contribution in [1.82, 2.24) is 15.7 Å². The van der Waals surface area contributed by atoms with Crippen LogP contribution in [0.1, 0.15) is 55.3 Å². The summed E-state index contributed by atoms with van der Waals surface area (Å²) < 4.78 is 5.13. The Bertz CT molecular complexity index is 838. The number of ether oxygens (including phenoxy) is 1. The number of hydroxylamine groups is 2. The smallest absolute Gasteiger partial charge is 0.408 e. The highest BCUT2D eigenvalue weighted by Gasteiger charge is 2.38. The van der Waals surface area contributed by atoms with E-state index < -0.39 is 48.0 Å². The van der Waals surface area contributed by atoms with Gasteiger partial charge in [-0.1, -0.05) is 31.0 Å². The molecule has 0 radical (unpaired) electrons. The van der Waals surface area contributed by atoms with Gasteiger partial charge in [-0.05, 0) is 38.8 Å². The lowest BCUT2D eigenvalue weighted by atomic mass is 10.0. The normalized spacial score (nSPS) is 14.3. The van der Waals surface area contributed by atoms with Crippen molar-refractivity contribution in [1.29, 1.82) is 0 Å². The van der Waals surface area contributed by atoms with Crippen LogP contribution in [0.4, 0.5) is 4.79 Å². The summed E-state index contributed by atoms with van der Waals surface area (Å²) in [6, 6.07) is 5.09. The van der Waals surface area contributed by atoms with Gasteiger partial charge in [0.25, 0.3) is 11.8 Å². The summed E-state index contributed by atoms with van der Waals surface area (Å²) in [5.41, 5.74) is -0.486. The highest BCUT2D eigenvalue weighted by atomic mass is 16.7. The van der Waals surface area contributed by atoms with Gasteiger partial charge in [-0.25, -0.2) is 9.59 Å². The molecule has 4 amide bonds. The topological polar surface area (TPSA) is 131 Å². The van der Waals surface area contributed by atoms with Crippen molar-refractivity contribution in [3.8, 4) is 0 Å². The van der Waals surface area contributed by atoms with Crippen LogP contribution in [-0.4, -0.2) is 53.0 Å². The molecule has 1 heterocycles. The molecule has 2 N–H and O–H groups in total. The highest BCUT2D eigenvalue weighted by molar-refractivity contribution is 6.20. The molecule has 1 aliphatic heterocycles. The average Bonchev–Trinajstić information content (AvgIpc) is 2.88. The molecule has 0 unspecified atom stereocenters. The summed E-state index contributed by atoms with van der Waals surface area (Å²) in [7, 11) is 0. The van der Waals surface area contributed by atoms with Crippen molar-refractivity contribution in [2.45, 2.75) is 46.3 Å². The molecule has 0 aliphatic carbocycles. The van der Waals surface area contributed by atoms with Crippen LogP contribution in [-0.2, 0) is 19.2 Å². The number of amides is 4. The van der Waals surface area contributed by atoms with Gasteiger partial charge in [-0.15, -0.1) is 0 Å². The third-order valence-electron chi connectivity index (χ3n) is 3.98. The van der Waals surface area contributed by atoms with E-state index in [0.29, 0.717) is 5.06 Å². The van der Waals surface area contributed by atoms with Gasteiger partial charge in [-0.3, -0.25) is 14.4 Å². The number of hydrogen-bond acceptors (Lipinski definition) is 7. The lowest BCUT2D eigenvalue weighted by Crippen LogP contribution is -2.52. The van der Waals surface area contributed by atoms with Crippen LogP contribution in [0.3, 0.4) is 0 Å². The molecule has 1 aromatic carbocycles. The van der Waals surface area contributed by atoms with Crippen LogP contribution in [0.25, 0.3) is 0 Å². The van der Waals surface area contributed by atoms with Gasteiger partial charge in [0.05, 0.1) is 11.1 Å². The van der Waals surface area contributed by atoms with Crippen LogP contribution in [0, 0.1) is 5.92 Å². The van der Waals surface area contributed by atoms with Crippen LogP contribution in [0.15, 0.2) is 24.3 Å². The molecule has 0 saturated heterocycles. The fourth-order valence-electron chi connectivity index (χ4n) is 2.62. The summed E-state index contributed by atoms with van der Waals surface area (Å²) in [6.07, 6.45) is -0.773. The summed E-state index contributed by atoms with van der Waals surface area (Å²) in [5.74, 6) is -3.48. The van der Waals surface area contributed by atoms with Crippen molar-refractivity contribution in [3.63, 3.8) is 0 Å². The zero-order valence-electron chi connectivity index (χ0n) is 17.5. The molecule has 0 saturated carbocycles. The molecule has 10 nitrogen and oxygen atoms in total. The molecule has 1 aromatic rings. The number of carbonyl (C=O) groups is 5. The second-order valence-corrected chi connectivity index (χ2v) is 8.00. The minimum atomic E-state index is -1.02. The SMILES string of the molecule is CC(C)[C@H](NC(=O)OC(C)(C)C)C(=O)NCC(=O)ON1C(=O)c2ccccc2C1=O. The minimum absolute atomic E-state index is 0.126. The first kappa shape index (κ1) is 22.9. The molecule has 30 heavy (non-hydrogen) atoms. The largest absolute Gasteiger partial charge is 0.444 e. The maximum Gasteiger partial charge on any atom is 0.408 e. The van der Waals surface area contributed by atoms with E-state index in [0.717, 1.165) is 0 Å². The first-order valence-corrected chi connectivity index (χ1v) is 9.36. The summed E-state index contributed by atoms with van der Waals surface area (Å²) in [6.45, 7) is 7.87. The van der Waals surface area contributed by atoms with E-state index in [2.05, 4.69) is 10.6 Å². The summed E-state index contributed by atoms with van der Waals surface area (Å²) in [5, 5.41) is 5.13. The molecule has 1 aliphatic rings. The van der Waals surface area contributed by atoms with E-state index in [1.165, 1.54) is 12.1 Å². The average molecular weight is 419 g/mol. The number of alkyl carbamates (subject to hydrolysis) is 1. The highest BCUT2D eigenvalue weighted by Crippen LogP contribution is 2.22. The first-order valence-electron chi connectivity index (χ1n) is 9.36. The first-order chi connectivity index (χ1) is 13.9. The molecular formula is C20H25N3O7. The van der Waals surface area contributed by atoms with Gasteiger partial charge in [0.2, 0.25) is 5.91 Å². The Hall–Kier alpha value is -3.43. The Labute approximate surface area is 173 Å². The number of carbonyl (C=O) groups excluding carboxylic acids is 5. The Morgan fingerprint density at radius 1 is 1.03 bits per heavy atom. The van der Waals surface area contributed by atoms with Crippen molar-refractivity contribution < 1.29 is 33.5 Å². The Kier molecular flexibility index (Phi) is 6.81. The molecule has 162 valence electrons. The Morgan fingerprint density at radius 2 is 1.57 bits per heavy atom. The number of hydrogen-bond donors (Lipinski definition) is 2. The number of nitrogens with zero attached hydrogens (tertiary/aromatic N) is 1. The maximum atomic E-state index is 12.4. The second kappa shape index (κ2) is 8.93. The van der Waals surface area contributed by atoms with Gasteiger partial charge < -0.3 is 20.2 Å². The molecule has 0 spiro atoms. The quantitative estimate of drug-likeness (QED) is 0.667. The third-order valence-corrected chi connectivity index (χ3v) is 3.98. The zero-order chi connectivity index (χ0) is 22.6. The predicted molar refractivity (Wildman–Crippen MR) is 104 cm³/mol. The van der Waals surface area contributed by atoms with Gasteiger partial charge in [-0.2, -0.15) is 0 Å². The Morgan fingerprint density at radius 3 is 2.03 bits per heavy atom. The van der Waals surface area contributed by atoms with E-state index in [1.54, 1.807) is 46.8 Å². The summed E-state index contributed by atoms with van der Waals surface area (Å²) >= 11 is 0. The number of imide groups is 1. The van der Waals surface area contributed by atoms with Crippen molar-refractivity contribution in [2.24, 2.45) is 5.92 Å². The molecule has 0 fully saturated rings. The number of rotatable bonds is 6. The predicted octanol–water partition coefficient (Wildman–Crippen LogP) is 1.41. The zero-order valence-corrected chi connectivity index (χ0v) is 17.5. The van der Waals surface area contributed by atoms with Gasteiger partial charge >= 0.3 is 12.1 Å². The number of nitrogens with one attached hydrogen (secondary N) is 2. The van der Waals surface area contributed by atoms with Gasteiger partial charge in [0.15, 0.2) is 0 Å². The van der Waals surface area contributed by atoms with Gasteiger partial charge in [0, 0.05) is 0 Å². The van der Waals surface area contributed by atoms with Crippen LogP contribution in [0.5, 0.6) is 0 Å². The van der Waals surface area contributed by atoms with E-state index in [4.69, 9.17) is 9.57 Å². The fourth-order valence-corrected chi connectivity index (χ4v) is 2.62. The molecule has 2 rings (SSSR count). The minimum Gasteiger partial charge on any atom is -0.444 e. The standard InChI is InChI=1S/C20H25N3O7/c1-11(2)15(22-19(28)29-20(3,4)5)16(25)21-10-14(24)30-23-17(26)12-8-6-7-9-13(12)18(23)27/h6-9,11,15H,10H2,1-5H3,(H,21,25)(H,22,28)/t15-/m0/s1. The molecule has 0 bridgehead atoms. The Balaban J connectivity index is 1.91. The van der Waals surface area contributed by atoms with Crippen LogP contribution in [0.2, 0.25) is 0 Å². The van der Waals surface area contributed by atoms with Crippen molar-refractivity contribution in [2.75, 3.05) is 6.54 Å². The van der Waals surface area contributed by atoms with Gasteiger partial charge in [0.1, 0.15) is 18.2 Å². The van der Waals surface area contributed by atoms with Crippen LogP contribution < -0.4 is 10.6 Å². The monoisotopic (exact) mass is 419 g/mol. The maximum absolute atomic E-state index is 12.4. The van der Waals surface area contributed by atoms with E-state index >= 15 is 0 Å². The lowest BCUT2D eigenvalue weighted by Gasteiger charge is -2.25. The van der Waals surface area contributed by atoms with Crippen molar-refractivity contribution >= 4 is 29.8 Å². The number of fused-ring (bicyclic) bond motifs is 1. The molecular weight excluding hydrogens is 394 g/mol. The molecule has 10 heteroatoms. The van der Waals surface area contributed by atoms with Crippen LogP contribution >= 0.6 is 0 Å². The second-order valence-electron chi connectivity index (χ2n) is 8.00. The third kappa shape index (κ3) is 5.56. The van der Waals surface area contributed by atoms with E-state index in [-0.39, 0.29) is 17.0 Å². The molecule has 1 atom stereocenters. The lowest BCUT2D eigenvalue weighted by molar-refractivity contribution is -0.167. The number of benzene rings is 1. The van der Waals surface area contributed by atoms with E-state index in [9.17, 15) is 24.0 Å². The summed E-state index contributed by atoms with van der Waals surface area (Å²) in [4.78, 5) is 65.6. The fraction of sp³-hybridized carbons (Fsp3) is 0.450. The van der Waals surface area contributed by atoms with Crippen molar-refractivity contribution in [3.05, 3.63) is 35.4 Å². The van der Waals surface area contributed by atoms with E-state index in [1.807, 2.05) is 0 Å².